The number of aliphatic hydroxyl groups is 2. The average molecular weight is 405 g/mol. The quantitative estimate of drug-likeness (QED) is 0.550. The van der Waals surface area contributed by atoms with Crippen molar-refractivity contribution in [2.24, 2.45) is 0 Å². The standard InChI is InChI=1S/C17H19N5O5S/c1-9-2-4-10(5-3-9)28(25,26)17(24)12-6-11(23)16(27-12)22-8-21-13-14(18)19-7-20-15(13)22/h2-5,7-8,11-12,16-17,23-24H,6H2,1H3,(H2,18,19,20)/t11-,12+,16-,17?/m1/s1. The maximum atomic E-state index is 12.7. The largest absolute Gasteiger partial charge is 0.388 e. The van der Waals surface area contributed by atoms with E-state index in [0.717, 1.165) is 5.56 Å². The fourth-order valence-electron chi connectivity index (χ4n) is 3.24. The van der Waals surface area contributed by atoms with Crippen molar-refractivity contribution in [3.63, 3.8) is 0 Å². The number of benzene rings is 1. The molecule has 4 N–H and O–H groups in total. The van der Waals surface area contributed by atoms with E-state index in [9.17, 15) is 18.6 Å². The molecular formula is C17H19N5O5S. The molecule has 3 aromatic rings. The molecule has 0 bridgehead atoms. The molecule has 1 fully saturated rings. The van der Waals surface area contributed by atoms with Gasteiger partial charge in [0.25, 0.3) is 0 Å². The number of nitrogen functional groups attached to an aromatic ring is 1. The number of rotatable bonds is 4. The number of aliphatic hydroxyl groups excluding tert-OH is 2. The summed E-state index contributed by atoms with van der Waals surface area (Å²) in [5.41, 5.74) is 5.51. The van der Waals surface area contributed by atoms with Crippen LogP contribution in [-0.4, -0.2) is 55.8 Å². The Kier molecular flexibility index (Phi) is 4.54. The molecule has 3 heterocycles. The fraction of sp³-hybridized carbons (Fsp3) is 0.353. The van der Waals surface area contributed by atoms with Crippen LogP contribution in [0.25, 0.3) is 11.2 Å². The number of fused-ring (bicyclic) bond motifs is 1. The van der Waals surface area contributed by atoms with Crippen molar-refractivity contribution in [1.82, 2.24) is 19.5 Å². The van der Waals surface area contributed by atoms with Gasteiger partial charge in [0.1, 0.15) is 24.1 Å². The Morgan fingerprint density at radius 2 is 1.96 bits per heavy atom. The minimum absolute atomic E-state index is 0.0132. The molecule has 1 saturated heterocycles. The van der Waals surface area contributed by atoms with Crippen LogP contribution in [0.15, 0.2) is 41.8 Å². The van der Waals surface area contributed by atoms with E-state index in [1.54, 1.807) is 12.1 Å². The van der Waals surface area contributed by atoms with Gasteiger partial charge in [0.05, 0.1) is 11.2 Å². The monoisotopic (exact) mass is 405 g/mol. The van der Waals surface area contributed by atoms with Crippen molar-refractivity contribution in [3.8, 4) is 0 Å². The van der Waals surface area contributed by atoms with Gasteiger partial charge >= 0.3 is 0 Å². The van der Waals surface area contributed by atoms with Crippen LogP contribution < -0.4 is 5.73 Å². The zero-order valence-corrected chi connectivity index (χ0v) is 15.7. The minimum atomic E-state index is -4.06. The molecule has 11 heteroatoms. The molecule has 0 saturated carbocycles. The molecule has 0 aliphatic carbocycles. The number of sulfone groups is 1. The van der Waals surface area contributed by atoms with Crippen molar-refractivity contribution in [2.45, 2.75) is 42.1 Å². The number of aromatic nitrogens is 4. The Bertz CT molecular complexity index is 1110. The molecule has 1 aromatic carbocycles. The molecule has 4 atom stereocenters. The second kappa shape index (κ2) is 6.78. The van der Waals surface area contributed by atoms with E-state index in [1.165, 1.54) is 29.4 Å². The summed E-state index contributed by atoms with van der Waals surface area (Å²) in [7, 11) is -4.06. The summed E-state index contributed by atoms with van der Waals surface area (Å²) >= 11 is 0. The van der Waals surface area contributed by atoms with Crippen LogP contribution in [0, 0.1) is 6.92 Å². The van der Waals surface area contributed by atoms with Gasteiger partial charge in [0.2, 0.25) is 9.84 Å². The number of hydrogen-bond donors (Lipinski definition) is 3. The molecule has 28 heavy (non-hydrogen) atoms. The second-order valence-corrected chi connectivity index (χ2v) is 8.74. The first kappa shape index (κ1) is 18.7. The SMILES string of the molecule is Cc1ccc(S(=O)(=O)C(O)[C@@H]2C[C@@H](O)[C@H](n3cnc4c(N)ncnc43)O2)cc1. The lowest BCUT2D eigenvalue weighted by atomic mass is 10.2. The van der Waals surface area contributed by atoms with Crippen LogP contribution in [-0.2, 0) is 14.6 Å². The van der Waals surface area contributed by atoms with Crippen molar-refractivity contribution < 1.29 is 23.4 Å². The van der Waals surface area contributed by atoms with E-state index < -0.39 is 33.7 Å². The molecule has 1 aliphatic heterocycles. The van der Waals surface area contributed by atoms with Crippen molar-refractivity contribution >= 4 is 26.8 Å². The minimum Gasteiger partial charge on any atom is -0.388 e. The summed E-state index contributed by atoms with van der Waals surface area (Å²) in [4.78, 5) is 12.0. The topological polar surface area (TPSA) is 153 Å². The molecular weight excluding hydrogens is 386 g/mol. The van der Waals surface area contributed by atoms with Crippen molar-refractivity contribution in [2.75, 3.05) is 5.73 Å². The lowest BCUT2D eigenvalue weighted by molar-refractivity contribution is -0.0567. The Labute approximate surface area is 160 Å². The number of imidazole rings is 1. The van der Waals surface area contributed by atoms with Gasteiger partial charge < -0.3 is 20.7 Å². The van der Waals surface area contributed by atoms with Crippen LogP contribution in [0.1, 0.15) is 18.2 Å². The zero-order valence-electron chi connectivity index (χ0n) is 14.9. The third kappa shape index (κ3) is 3.02. The molecule has 10 nitrogen and oxygen atoms in total. The molecule has 0 amide bonds. The number of anilines is 1. The van der Waals surface area contributed by atoms with Crippen molar-refractivity contribution in [1.29, 1.82) is 0 Å². The van der Waals surface area contributed by atoms with Crippen LogP contribution in [0.3, 0.4) is 0 Å². The highest BCUT2D eigenvalue weighted by Crippen LogP contribution is 2.35. The maximum Gasteiger partial charge on any atom is 0.207 e. The first-order valence-corrected chi connectivity index (χ1v) is 10.1. The van der Waals surface area contributed by atoms with Gasteiger partial charge in [-0.1, -0.05) is 17.7 Å². The van der Waals surface area contributed by atoms with E-state index in [-0.39, 0.29) is 17.1 Å². The predicted octanol–water partition coefficient (Wildman–Crippen LogP) is 0.158. The highest BCUT2D eigenvalue weighted by Gasteiger charge is 2.44. The first-order chi connectivity index (χ1) is 13.3. The number of hydrogen-bond acceptors (Lipinski definition) is 9. The fourth-order valence-corrected chi connectivity index (χ4v) is 4.61. The Morgan fingerprint density at radius 1 is 1.25 bits per heavy atom. The summed E-state index contributed by atoms with van der Waals surface area (Å²) < 4.78 is 32.6. The summed E-state index contributed by atoms with van der Waals surface area (Å²) in [5.74, 6) is 0.176. The molecule has 1 unspecified atom stereocenters. The summed E-state index contributed by atoms with van der Waals surface area (Å²) in [5, 5.41) is 20.9. The van der Waals surface area contributed by atoms with Crippen LogP contribution in [0.5, 0.6) is 0 Å². The van der Waals surface area contributed by atoms with Crippen LogP contribution in [0.4, 0.5) is 5.82 Å². The van der Waals surface area contributed by atoms with Gasteiger partial charge in [-0.2, -0.15) is 0 Å². The maximum absolute atomic E-state index is 12.7. The van der Waals surface area contributed by atoms with Gasteiger partial charge in [0, 0.05) is 6.42 Å². The van der Waals surface area contributed by atoms with E-state index >= 15 is 0 Å². The predicted molar refractivity (Wildman–Crippen MR) is 98.6 cm³/mol. The summed E-state index contributed by atoms with van der Waals surface area (Å²) in [6.07, 6.45) is -0.591. The lowest BCUT2D eigenvalue weighted by Gasteiger charge is -2.20. The second-order valence-electron chi connectivity index (χ2n) is 6.70. The van der Waals surface area contributed by atoms with Crippen LogP contribution >= 0.6 is 0 Å². The molecule has 2 aromatic heterocycles. The Hall–Kier alpha value is -2.60. The third-order valence-electron chi connectivity index (χ3n) is 4.76. The van der Waals surface area contributed by atoms with Crippen LogP contribution in [0.2, 0.25) is 0 Å². The number of aryl methyl sites for hydroxylation is 1. The Balaban J connectivity index is 1.61. The number of nitrogens with zero attached hydrogens (tertiary/aromatic N) is 4. The lowest BCUT2D eigenvalue weighted by Crippen LogP contribution is -2.34. The first-order valence-electron chi connectivity index (χ1n) is 8.54. The average Bonchev–Trinajstić information content (AvgIpc) is 3.25. The Morgan fingerprint density at radius 3 is 2.68 bits per heavy atom. The third-order valence-corrected chi connectivity index (χ3v) is 6.63. The molecule has 0 spiro atoms. The van der Waals surface area contributed by atoms with E-state index in [2.05, 4.69) is 15.0 Å². The van der Waals surface area contributed by atoms with E-state index in [1.807, 2.05) is 6.92 Å². The smallest absolute Gasteiger partial charge is 0.207 e. The molecule has 1 aliphatic rings. The number of nitrogens with two attached hydrogens (primary N) is 1. The van der Waals surface area contributed by atoms with Gasteiger partial charge in [-0.15, -0.1) is 0 Å². The zero-order chi connectivity index (χ0) is 20.1. The molecule has 4 rings (SSSR count). The molecule has 0 radical (unpaired) electrons. The van der Waals surface area contributed by atoms with E-state index in [0.29, 0.717) is 11.2 Å². The van der Waals surface area contributed by atoms with Gasteiger partial charge in [-0.25, -0.2) is 23.4 Å². The van der Waals surface area contributed by atoms with Crippen molar-refractivity contribution in [3.05, 3.63) is 42.5 Å². The summed E-state index contributed by atoms with van der Waals surface area (Å²) in [6.45, 7) is 1.83. The van der Waals surface area contributed by atoms with Gasteiger partial charge in [-0.3, -0.25) is 4.57 Å². The summed E-state index contributed by atoms with van der Waals surface area (Å²) in [6, 6.07) is 6.16. The number of ether oxygens (including phenoxy) is 1. The normalized spacial score (nSPS) is 23.9. The highest BCUT2D eigenvalue weighted by molar-refractivity contribution is 7.92. The molecule has 148 valence electrons. The van der Waals surface area contributed by atoms with Gasteiger partial charge in [0.15, 0.2) is 23.1 Å². The highest BCUT2D eigenvalue weighted by atomic mass is 32.2. The van der Waals surface area contributed by atoms with Gasteiger partial charge in [-0.05, 0) is 19.1 Å². The van der Waals surface area contributed by atoms with E-state index in [4.69, 9.17) is 10.5 Å².